The van der Waals surface area contributed by atoms with Gasteiger partial charge in [0.1, 0.15) is 11.3 Å². The van der Waals surface area contributed by atoms with Crippen LogP contribution in [0.15, 0.2) is 33.5 Å². The fourth-order valence-corrected chi connectivity index (χ4v) is 1.79. The topological polar surface area (TPSA) is 72.7 Å². The van der Waals surface area contributed by atoms with Gasteiger partial charge in [0.25, 0.3) is 0 Å². The molecule has 0 saturated carbocycles. The predicted molar refractivity (Wildman–Crippen MR) is 73.1 cm³/mol. The van der Waals surface area contributed by atoms with Crippen LogP contribution < -0.4 is 21.6 Å². The van der Waals surface area contributed by atoms with E-state index in [0.717, 1.165) is 18.5 Å². The predicted octanol–water partition coefficient (Wildman–Crippen LogP) is -0.0684. The summed E-state index contributed by atoms with van der Waals surface area (Å²) in [4.78, 5) is 12.9. The third-order valence-corrected chi connectivity index (χ3v) is 2.78. The molecule has 0 spiro atoms. The van der Waals surface area contributed by atoms with E-state index < -0.39 is 5.63 Å². The van der Waals surface area contributed by atoms with E-state index in [-0.39, 0.29) is 5.69 Å². The van der Waals surface area contributed by atoms with Crippen LogP contribution in [0, 0.1) is 0 Å². The molecule has 2 rings (SSSR count). The number of benzene rings is 1. The Labute approximate surface area is 105 Å². The van der Waals surface area contributed by atoms with E-state index in [0.29, 0.717) is 11.3 Å². The minimum absolute atomic E-state index is 0.141. The number of rotatable bonds is 4. The third-order valence-electron chi connectivity index (χ3n) is 2.78. The maximum Gasteiger partial charge on any atom is 0.361 e. The summed E-state index contributed by atoms with van der Waals surface area (Å²) in [5.41, 5.74) is 6.66. The molecular weight excluding hydrogens is 230 g/mol. The number of fused-ring (bicyclic) bond motifs is 1. The van der Waals surface area contributed by atoms with Crippen molar-refractivity contribution < 1.29 is 9.32 Å². The summed E-state index contributed by atoms with van der Waals surface area (Å²) in [5.74, 6) is 0. The van der Waals surface area contributed by atoms with E-state index in [2.05, 4.69) is 19.4 Å². The van der Waals surface area contributed by atoms with Crippen LogP contribution in [0.3, 0.4) is 0 Å². The maximum atomic E-state index is 11.6. The second kappa shape index (κ2) is 5.10. The molecule has 0 saturated heterocycles. The molecule has 1 heterocycles. The van der Waals surface area contributed by atoms with Crippen molar-refractivity contribution in [1.82, 2.24) is 0 Å². The molecule has 0 aliphatic rings. The second-order valence-electron chi connectivity index (χ2n) is 4.56. The van der Waals surface area contributed by atoms with Gasteiger partial charge in [-0.05, 0) is 12.1 Å². The van der Waals surface area contributed by atoms with Gasteiger partial charge in [0.2, 0.25) is 0 Å². The number of nitrogen functional groups attached to an aromatic ring is 1. The smallest absolute Gasteiger partial charge is 0.361 e. The highest BCUT2D eigenvalue weighted by atomic mass is 16.4. The molecule has 0 atom stereocenters. The second-order valence-corrected chi connectivity index (χ2v) is 4.56. The van der Waals surface area contributed by atoms with Gasteiger partial charge in [-0.1, -0.05) is 12.1 Å². The summed E-state index contributed by atoms with van der Waals surface area (Å²) in [6.07, 6.45) is 0. The van der Waals surface area contributed by atoms with Crippen LogP contribution in [-0.4, -0.2) is 27.2 Å². The van der Waals surface area contributed by atoms with Gasteiger partial charge in [0, 0.05) is 5.39 Å². The number of quaternary nitrogens is 1. The molecule has 0 aliphatic heterocycles. The lowest BCUT2D eigenvalue weighted by molar-refractivity contribution is -0.856. The Hall–Kier alpha value is -2.01. The average Bonchev–Trinajstić information content (AvgIpc) is 2.33. The first-order valence-corrected chi connectivity index (χ1v) is 5.94. The highest BCUT2D eigenvalue weighted by molar-refractivity contribution is 5.95. The van der Waals surface area contributed by atoms with Crippen molar-refractivity contribution in [3.05, 3.63) is 34.7 Å². The number of likely N-dealkylation sites (N-methyl/N-ethyl adjacent to an activating group) is 1. The number of nitrogens with two attached hydrogens (primary N) is 1. The van der Waals surface area contributed by atoms with E-state index in [9.17, 15) is 4.79 Å². The average molecular weight is 248 g/mol. The van der Waals surface area contributed by atoms with Gasteiger partial charge in [0.05, 0.1) is 32.9 Å². The van der Waals surface area contributed by atoms with Crippen molar-refractivity contribution in [3.63, 3.8) is 0 Å². The summed E-state index contributed by atoms with van der Waals surface area (Å²) in [7, 11) is 4.14. The van der Waals surface area contributed by atoms with Crippen molar-refractivity contribution in [2.45, 2.75) is 0 Å². The maximum absolute atomic E-state index is 11.6. The van der Waals surface area contributed by atoms with Crippen molar-refractivity contribution in [1.29, 1.82) is 0 Å². The van der Waals surface area contributed by atoms with Crippen molar-refractivity contribution in [3.8, 4) is 0 Å². The molecule has 2 aromatic rings. The molecule has 1 aromatic heterocycles. The minimum atomic E-state index is -0.492. The fraction of sp³-hybridized carbons (Fsp3) is 0.308. The fourth-order valence-electron chi connectivity index (χ4n) is 1.79. The lowest BCUT2D eigenvalue weighted by Crippen LogP contribution is -3.06. The van der Waals surface area contributed by atoms with Crippen molar-refractivity contribution in [2.75, 3.05) is 38.2 Å². The molecule has 0 radical (unpaired) electrons. The zero-order valence-electron chi connectivity index (χ0n) is 10.6. The Morgan fingerprint density at radius 2 is 2.06 bits per heavy atom. The largest absolute Gasteiger partial charge is 0.421 e. The summed E-state index contributed by atoms with van der Waals surface area (Å²) in [5, 5.41) is 4.06. The van der Waals surface area contributed by atoms with Crippen LogP contribution in [0.5, 0.6) is 0 Å². The zero-order chi connectivity index (χ0) is 13.1. The van der Waals surface area contributed by atoms with Crippen LogP contribution in [-0.2, 0) is 0 Å². The molecule has 0 bridgehead atoms. The van der Waals surface area contributed by atoms with Gasteiger partial charge < -0.3 is 20.4 Å². The Morgan fingerprint density at radius 1 is 1.33 bits per heavy atom. The Balaban J connectivity index is 2.40. The standard InChI is InChI=1S/C13H17N3O2/c1-16(2)8-7-15-12-9-5-3-4-6-10(9)18-13(17)11(12)14/h3-6,15H,7-8,14H2,1-2H3/p+1. The minimum Gasteiger partial charge on any atom is -0.421 e. The van der Waals surface area contributed by atoms with Crippen molar-refractivity contribution >= 4 is 22.3 Å². The summed E-state index contributed by atoms with van der Waals surface area (Å²) in [6, 6.07) is 7.37. The number of hydrogen-bond donors (Lipinski definition) is 3. The molecule has 96 valence electrons. The number of para-hydroxylation sites is 1. The Bertz CT molecular complexity index is 605. The first-order chi connectivity index (χ1) is 8.59. The molecular formula is C13H18N3O2+. The molecule has 0 amide bonds. The highest BCUT2D eigenvalue weighted by Gasteiger charge is 2.11. The lowest BCUT2D eigenvalue weighted by Gasteiger charge is -2.12. The number of nitrogens with one attached hydrogen (secondary N) is 2. The molecule has 0 fully saturated rings. The molecule has 4 N–H and O–H groups in total. The van der Waals surface area contributed by atoms with E-state index in [1.165, 1.54) is 4.90 Å². The summed E-state index contributed by atoms with van der Waals surface area (Å²) in [6.45, 7) is 1.69. The molecule has 5 nitrogen and oxygen atoms in total. The van der Waals surface area contributed by atoms with Gasteiger partial charge in [-0.2, -0.15) is 0 Å². The van der Waals surface area contributed by atoms with Gasteiger partial charge >= 0.3 is 5.63 Å². The van der Waals surface area contributed by atoms with Gasteiger partial charge in [-0.15, -0.1) is 0 Å². The first-order valence-electron chi connectivity index (χ1n) is 5.94. The van der Waals surface area contributed by atoms with Crippen LogP contribution >= 0.6 is 0 Å². The van der Waals surface area contributed by atoms with Gasteiger partial charge in [0.15, 0.2) is 0 Å². The normalized spacial score (nSPS) is 11.1. The Kier molecular flexibility index (Phi) is 3.53. The summed E-state index contributed by atoms with van der Waals surface area (Å²) >= 11 is 0. The molecule has 1 aromatic carbocycles. The van der Waals surface area contributed by atoms with Crippen LogP contribution in [0.1, 0.15) is 0 Å². The molecule has 0 unspecified atom stereocenters. The van der Waals surface area contributed by atoms with Crippen LogP contribution in [0.4, 0.5) is 11.4 Å². The first kappa shape index (κ1) is 12.4. The lowest BCUT2D eigenvalue weighted by atomic mass is 10.2. The van der Waals surface area contributed by atoms with Gasteiger partial charge in [-0.25, -0.2) is 4.79 Å². The monoisotopic (exact) mass is 248 g/mol. The molecule has 0 aliphatic carbocycles. The Morgan fingerprint density at radius 3 is 2.78 bits per heavy atom. The highest BCUT2D eigenvalue weighted by Crippen LogP contribution is 2.25. The number of anilines is 2. The van der Waals surface area contributed by atoms with Crippen LogP contribution in [0.2, 0.25) is 0 Å². The van der Waals surface area contributed by atoms with E-state index in [1.54, 1.807) is 6.07 Å². The summed E-state index contributed by atoms with van der Waals surface area (Å²) < 4.78 is 5.13. The quantitative estimate of drug-likeness (QED) is 0.662. The number of hydrogen-bond acceptors (Lipinski definition) is 4. The van der Waals surface area contributed by atoms with E-state index in [4.69, 9.17) is 10.2 Å². The molecule has 5 heteroatoms. The van der Waals surface area contributed by atoms with E-state index in [1.807, 2.05) is 18.2 Å². The van der Waals surface area contributed by atoms with Crippen LogP contribution in [0.25, 0.3) is 11.0 Å². The SMILES string of the molecule is C[NH+](C)CCNc1c(N)c(=O)oc2ccccc12. The zero-order valence-corrected chi connectivity index (χ0v) is 10.6. The van der Waals surface area contributed by atoms with Gasteiger partial charge in [-0.3, -0.25) is 0 Å². The third kappa shape index (κ3) is 2.46. The van der Waals surface area contributed by atoms with E-state index >= 15 is 0 Å². The molecule has 18 heavy (non-hydrogen) atoms. The van der Waals surface area contributed by atoms with Crippen molar-refractivity contribution in [2.24, 2.45) is 0 Å².